The number of fused-ring (bicyclic) bond motifs is 3. The van der Waals surface area contributed by atoms with Crippen LogP contribution in [0, 0.1) is 6.92 Å². The number of pyridine rings is 1. The number of likely N-dealkylation sites (tertiary alicyclic amines) is 1. The van der Waals surface area contributed by atoms with E-state index in [1.807, 2.05) is 0 Å². The van der Waals surface area contributed by atoms with Gasteiger partial charge in [0.15, 0.2) is 5.75 Å². The summed E-state index contributed by atoms with van der Waals surface area (Å²) in [7, 11) is 2.63. The smallest absolute Gasteiger partial charge is 0.411 e. The normalized spacial score (nSPS) is 23.4. The van der Waals surface area contributed by atoms with Crippen LogP contribution in [0.4, 0.5) is 13.6 Å². The molecule has 3 heterocycles. The third-order valence-electron chi connectivity index (χ3n) is 6.05. The molecule has 2 aromatic rings. The van der Waals surface area contributed by atoms with Crippen molar-refractivity contribution in [2.45, 2.75) is 63.7 Å². The topological polar surface area (TPSA) is 87.2 Å². The standard InChI is InChI=1S/C24H28F2N2O6/c1-13-19-18(15-9-14(31-5)7-8-16(15)27-13)24(25,26)11-23(33-19)10-17(20(29)32-6)28(12-23)21(30)34-22(2,3)4/h7-9,17H,10-12H2,1-6H3/t17-,23-/m0/s1. The van der Waals surface area contributed by atoms with Crippen LogP contribution in [-0.4, -0.2) is 60.0 Å². The molecule has 1 amide bonds. The van der Waals surface area contributed by atoms with E-state index in [1.165, 1.54) is 20.3 Å². The number of aryl methyl sites for hydroxylation is 1. The van der Waals surface area contributed by atoms with Gasteiger partial charge in [0.05, 0.1) is 44.0 Å². The van der Waals surface area contributed by atoms with Crippen LogP contribution < -0.4 is 9.47 Å². The number of benzene rings is 1. The van der Waals surface area contributed by atoms with Crippen LogP contribution in [0.15, 0.2) is 18.2 Å². The average molecular weight is 478 g/mol. The maximum Gasteiger partial charge on any atom is 0.411 e. The fraction of sp³-hybridized carbons (Fsp3) is 0.542. The lowest BCUT2D eigenvalue weighted by Crippen LogP contribution is -2.48. The number of hydrogen-bond donors (Lipinski definition) is 0. The van der Waals surface area contributed by atoms with Gasteiger partial charge in [-0.3, -0.25) is 4.90 Å². The molecule has 0 aliphatic carbocycles. The maximum absolute atomic E-state index is 15.8. The lowest BCUT2D eigenvalue weighted by atomic mass is 9.84. The summed E-state index contributed by atoms with van der Waals surface area (Å²) in [4.78, 5) is 30.9. The summed E-state index contributed by atoms with van der Waals surface area (Å²) < 4.78 is 53.4. The zero-order chi connectivity index (χ0) is 25.1. The van der Waals surface area contributed by atoms with Crippen LogP contribution in [0.1, 0.15) is 44.9 Å². The van der Waals surface area contributed by atoms with Gasteiger partial charge in [-0.05, 0) is 45.9 Å². The Kier molecular flexibility index (Phi) is 5.61. The van der Waals surface area contributed by atoms with Crippen LogP contribution in [0.5, 0.6) is 11.5 Å². The molecule has 0 radical (unpaired) electrons. The summed E-state index contributed by atoms with van der Waals surface area (Å²) in [6.07, 6.45) is -1.69. The highest BCUT2D eigenvalue weighted by Gasteiger charge is 2.60. The van der Waals surface area contributed by atoms with Crippen LogP contribution >= 0.6 is 0 Å². The monoisotopic (exact) mass is 478 g/mol. The molecule has 0 bridgehead atoms. The Bertz CT molecular complexity index is 1160. The molecule has 34 heavy (non-hydrogen) atoms. The van der Waals surface area contributed by atoms with Crippen molar-refractivity contribution in [3.8, 4) is 11.5 Å². The van der Waals surface area contributed by atoms with Gasteiger partial charge in [-0.25, -0.2) is 23.4 Å². The summed E-state index contributed by atoms with van der Waals surface area (Å²) in [5.41, 5.74) is -1.95. The number of aromatic nitrogens is 1. The van der Waals surface area contributed by atoms with Gasteiger partial charge in [0.1, 0.15) is 23.0 Å². The Morgan fingerprint density at radius 2 is 1.94 bits per heavy atom. The van der Waals surface area contributed by atoms with Crippen molar-refractivity contribution in [3.05, 3.63) is 29.5 Å². The Morgan fingerprint density at radius 3 is 2.56 bits per heavy atom. The number of carbonyl (C=O) groups excluding carboxylic acids is 2. The molecule has 0 N–H and O–H groups in total. The van der Waals surface area contributed by atoms with E-state index < -0.39 is 41.6 Å². The molecule has 2 aliphatic rings. The van der Waals surface area contributed by atoms with Crippen molar-refractivity contribution in [1.82, 2.24) is 9.88 Å². The summed E-state index contributed by atoms with van der Waals surface area (Å²) in [5, 5.41) is 0.228. The third-order valence-corrected chi connectivity index (χ3v) is 6.05. The molecule has 1 spiro atoms. The molecule has 184 valence electrons. The molecular formula is C24H28F2N2O6. The highest BCUT2D eigenvalue weighted by molar-refractivity contribution is 5.87. The number of amides is 1. The molecule has 0 saturated carbocycles. The van der Waals surface area contributed by atoms with E-state index >= 15 is 8.78 Å². The molecule has 1 aromatic carbocycles. The van der Waals surface area contributed by atoms with Gasteiger partial charge in [-0.1, -0.05) is 0 Å². The minimum Gasteiger partial charge on any atom is -0.497 e. The Labute approximate surface area is 196 Å². The second kappa shape index (κ2) is 7.95. The van der Waals surface area contributed by atoms with E-state index in [9.17, 15) is 9.59 Å². The van der Waals surface area contributed by atoms with E-state index in [2.05, 4.69) is 4.98 Å². The lowest BCUT2D eigenvalue weighted by Gasteiger charge is -2.40. The van der Waals surface area contributed by atoms with E-state index in [4.69, 9.17) is 18.9 Å². The van der Waals surface area contributed by atoms with Crippen molar-refractivity contribution in [3.63, 3.8) is 0 Å². The molecule has 10 heteroatoms. The van der Waals surface area contributed by atoms with Gasteiger partial charge in [0.2, 0.25) is 0 Å². The minimum atomic E-state index is -3.32. The molecular weight excluding hydrogens is 450 g/mol. The van der Waals surface area contributed by atoms with Gasteiger partial charge < -0.3 is 18.9 Å². The molecule has 1 saturated heterocycles. The van der Waals surface area contributed by atoms with Gasteiger partial charge in [0, 0.05) is 11.8 Å². The van der Waals surface area contributed by atoms with Crippen LogP contribution in [0.25, 0.3) is 10.9 Å². The first-order valence-electron chi connectivity index (χ1n) is 10.9. The van der Waals surface area contributed by atoms with Crippen molar-refractivity contribution < 1.29 is 37.3 Å². The van der Waals surface area contributed by atoms with Gasteiger partial charge >= 0.3 is 12.1 Å². The molecule has 8 nitrogen and oxygen atoms in total. The molecule has 4 rings (SSSR count). The summed E-state index contributed by atoms with van der Waals surface area (Å²) in [5.74, 6) is -3.68. The number of carbonyl (C=O) groups is 2. The summed E-state index contributed by atoms with van der Waals surface area (Å²) in [6.45, 7) is 6.38. The van der Waals surface area contributed by atoms with Crippen LogP contribution in [-0.2, 0) is 20.2 Å². The first-order chi connectivity index (χ1) is 15.8. The maximum atomic E-state index is 15.8. The SMILES string of the molecule is COC(=O)[C@@H]1C[C@@]2(CN1C(=O)OC(C)(C)C)CC(F)(F)c1c(c(C)nc3ccc(OC)cc13)O2. The average Bonchev–Trinajstić information content (AvgIpc) is 3.09. The predicted molar refractivity (Wildman–Crippen MR) is 118 cm³/mol. The molecule has 2 aliphatic heterocycles. The number of methoxy groups -OCH3 is 2. The number of esters is 1. The summed E-state index contributed by atoms with van der Waals surface area (Å²) >= 11 is 0. The van der Waals surface area contributed by atoms with Gasteiger partial charge in [0.25, 0.3) is 5.92 Å². The number of hydrogen-bond acceptors (Lipinski definition) is 7. The van der Waals surface area contributed by atoms with Gasteiger partial charge in [-0.15, -0.1) is 0 Å². The molecule has 2 atom stereocenters. The largest absolute Gasteiger partial charge is 0.497 e. The second-order valence-electron chi connectivity index (χ2n) is 9.80. The van der Waals surface area contributed by atoms with Crippen molar-refractivity contribution >= 4 is 23.0 Å². The van der Waals surface area contributed by atoms with Crippen molar-refractivity contribution in [2.75, 3.05) is 20.8 Å². The highest BCUT2D eigenvalue weighted by atomic mass is 19.3. The zero-order valence-corrected chi connectivity index (χ0v) is 20.0. The van der Waals surface area contributed by atoms with E-state index in [-0.39, 0.29) is 35.4 Å². The van der Waals surface area contributed by atoms with E-state index in [0.717, 1.165) is 4.90 Å². The van der Waals surface area contributed by atoms with E-state index in [0.29, 0.717) is 11.3 Å². The second-order valence-corrected chi connectivity index (χ2v) is 9.80. The number of nitrogens with zero attached hydrogens (tertiary/aromatic N) is 2. The predicted octanol–water partition coefficient (Wildman–Crippen LogP) is 4.35. The number of alkyl halides is 2. The van der Waals surface area contributed by atoms with E-state index in [1.54, 1.807) is 39.8 Å². The zero-order valence-electron chi connectivity index (χ0n) is 20.0. The Hall–Kier alpha value is -3.17. The number of halogens is 2. The fourth-order valence-corrected chi connectivity index (χ4v) is 4.72. The third kappa shape index (κ3) is 4.10. The van der Waals surface area contributed by atoms with Crippen LogP contribution in [0.2, 0.25) is 0 Å². The summed E-state index contributed by atoms with van der Waals surface area (Å²) in [6, 6.07) is 3.66. The minimum absolute atomic E-state index is 0.0494. The molecule has 1 aromatic heterocycles. The number of ether oxygens (including phenoxy) is 4. The highest BCUT2D eigenvalue weighted by Crippen LogP contribution is 2.54. The quantitative estimate of drug-likeness (QED) is 0.593. The number of rotatable bonds is 2. The Balaban J connectivity index is 1.80. The molecule has 0 unspecified atom stereocenters. The molecule has 1 fully saturated rings. The lowest BCUT2D eigenvalue weighted by molar-refractivity contribution is -0.146. The first kappa shape index (κ1) is 24.0. The van der Waals surface area contributed by atoms with Crippen LogP contribution in [0.3, 0.4) is 0 Å². The van der Waals surface area contributed by atoms with Crippen molar-refractivity contribution in [1.29, 1.82) is 0 Å². The Morgan fingerprint density at radius 1 is 1.24 bits per heavy atom. The first-order valence-corrected chi connectivity index (χ1v) is 10.9. The fourth-order valence-electron chi connectivity index (χ4n) is 4.72. The van der Waals surface area contributed by atoms with Gasteiger partial charge in [-0.2, -0.15) is 0 Å². The van der Waals surface area contributed by atoms with Crippen molar-refractivity contribution in [2.24, 2.45) is 0 Å².